The van der Waals surface area contributed by atoms with E-state index in [2.05, 4.69) is 31.2 Å². The van der Waals surface area contributed by atoms with Gasteiger partial charge in [0.25, 0.3) is 29.5 Å². The van der Waals surface area contributed by atoms with Gasteiger partial charge in [0.05, 0.1) is 41.9 Å². The van der Waals surface area contributed by atoms with E-state index in [1.807, 2.05) is 30.3 Å². The molecule has 2 atom stereocenters. The number of hydrogen-bond donors (Lipinski definition) is 4. The van der Waals surface area contributed by atoms with Gasteiger partial charge in [0.15, 0.2) is 5.13 Å². The molecule has 0 radical (unpaired) electrons. The molecule has 0 bridgehead atoms. The van der Waals surface area contributed by atoms with Crippen LogP contribution in [0.5, 0.6) is 5.75 Å². The number of piperidine rings is 2. The molecule has 0 aliphatic carbocycles. The Hall–Kier alpha value is -7.07. The van der Waals surface area contributed by atoms with E-state index in [0.717, 1.165) is 39.7 Å². The Labute approximate surface area is 388 Å². The molecular formula is C46H46N8O11S2. The summed E-state index contributed by atoms with van der Waals surface area (Å²) in [7, 11) is -3.63. The van der Waals surface area contributed by atoms with Gasteiger partial charge < -0.3 is 25.4 Å². The molecule has 67 heavy (non-hydrogen) atoms. The maximum absolute atomic E-state index is 13.5. The molecule has 2 saturated heterocycles. The standard InChI is InChI=1S/C46H46N8O11S2/c1-67(62,63)53-20-15-31(24-53)41(57)48-36(42(58)51-46-49-37(27-66-46)29-5-3-2-4-6-29)26-64-25-28-7-9-30(10-8-28)40(56)47-32-16-18-52(19-17-32)21-22-65-33-11-12-34-35(23-33)45(61)54(44(34)60)38-13-14-39(55)50-43(38)59/h2-12,15,20,23-24,27,32,36,38H,13-14,16-19,21-22,25-26H2,1H3,(H,47,56)(H,48,57)(H,49,51,58)(H,50,55,59)/t36-,38?/m0/s1. The number of rotatable bonds is 17. The van der Waals surface area contributed by atoms with Crippen LogP contribution in [0.3, 0.4) is 0 Å². The Morgan fingerprint density at radius 3 is 2.36 bits per heavy atom. The van der Waals surface area contributed by atoms with E-state index in [0.29, 0.717) is 53.9 Å². The normalized spacial score (nSPS) is 17.1. The third kappa shape index (κ3) is 11.1. The maximum Gasteiger partial charge on any atom is 0.262 e. The zero-order valence-electron chi connectivity index (χ0n) is 36.1. The van der Waals surface area contributed by atoms with Crippen LogP contribution in [0.2, 0.25) is 0 Å². The number of carbonyl (C=O) groups excluding carboxylic acids is 7. The average Bonchev–Trinajstić information content (AvgIpc) is 4.07. The topological polar surface area (TPSA) is 245 Å². The van der Waals surface area contributed by atoms with Crippen LogP contribution in [0.25, 0.3) is 11.3 Å². The third-order valence-corrected chi connectivity index (χ3v) is 13.3. The monoisotopic (exact) mass is 950 g/mol. The fourth-order valence-electron chi connectivity index (χ4n) is 7.86. The molecule has 3 aliphatic rings. The van der Waals surface area contributed by atoms with Crippen molar-refractivity contribution in [1.82, 2.24) is 34.7 Å². The molecule has 8 rings (SSSR count). The Morgan fingerprint density at radius 2 is 1.64 bits per heavy atom. The molecule has 7 amide bonds. The van der Waals surface area contributed by atoms with Crippen LogP contribution in [-0.4, -0.2) is 126 Å². The first-order chi connectivity index (χ1) is 32.2. The van der Waals surface area contributed by atoms with Crippen molar-refractivity contribution in [3.63, 3.8) is 0 Å². The van der Waals surface area contributed by atoms with Crippen molar-refractivity contribution >= 4 is 67.8 Å². The molecule has 0 saturated carbocycles. The fraction of sp³-hybridized carbons (Fsp3) is 0.304. The largest absolute Gasteiger partial charge is 0.492 e. The maximum atomic E-state index is 13.5. The molecule has 21 heteroatoms. The summed E-state index contributed by atoms with van der Waals surface area (Å²) in [6.45, 7) is 2.16. The van der Waals surface area contributed by atoms with Gasteiger partial charge in [-0.05, 0) is 61.2 Å². The van der Waals surface area contributed by atoms with Crippen molar-refractivity contribution in [2.75, 3.05) is 44.4 Å². The second kappa shape index (κ2) is 20.2. The summed E-state index contributed by atoms with van der Waals surface area (Å²) < 4.78 is 36.7. The highest BCUT2D eigenvalue weighted by Crippen LogP contribution is 2.30. The van der Waals surface area contributed by atoms with E-state index in [4.69, 9.17) is 9.47 Å². The molecule has 0 spiro atoms. The summed E-state index contributed by atoms with van der Waals surface area (Å²) in [5, 5.41) is 12.8. The minimum atomic E-state index is -3.63. The van der Waals surface area contributed by atoms with E-state index in [-0.39, 0.29) is 54.7 Å². The molecule has 348 valence electrons. The summed E-state index contributed by atoms with van der Waals surface area (Å²) in [6, 6.07) is 19.9. The number of aromatic nitrogens is 2. The number of anilines is 1. The second-order valence-electron chi connectivity index (χ2n) is 16.2. The summed E-state index contributed by atoms with van der Waals surface area (Å²) in [5.74, 6) is -3.38. The minimum absolute atomic E-state index is 0.0331. The second-order valence-corrected chi connectivity index (χ2v) is 19.0. The average molecular weight is 951 g/mol. The van der Waals surface area contributed by atoms with Gasteiger partial charge in [-0.15, -0.1) is 11.3 Å². The van der Waals surface area contributed by atoms with Crippen molar-refractivity contribution in [2.24, 2.45) is 0 Å². The highest BCUT2D eigenvalue weighted by atomic mass is 32.2. The van der Waals surface area contributed by atoms with Crippen molar-refractivity contribution in [3.05, 3.63) is 124 Å². The molecular weight excluding hydrogens is 905 g/mol. The van der Waals surface area contributed by atoms with Gasteiger partial charge in [0, 0.05) is 61.0 Å². The molecule has 5 aromatic rings. The number of nitrogens with zero attached hydrogens (tertiary/aromatic N) is 4. The molecule has 1 unspecified atom stereocenters. The van der Waals surface area contributed by atoms with Crippen LogP contribution in [-0.2, 0) is 35.8 Å². The van der Waals surface area contributed by atoms with Crippen molar-refractivity contribution < 1.29 is 51.5 Å². The molecule has 3 aliphatic heterocycles. The highest BCUT2D eigenvalue weighted by Gasteiger charge is 2.44. The van der Waals surface area contributed by atoms with E-state index < -0.39 is 57.6 Å². The zero-order valence-corrected chi connectivity index (χ0v) is 37.8. The van der Waals surface area contributed by atoms with Crippen LogP contribution in [0, 0.1) is 0 Å². The lowest BCUT2D eigenvalue weighted by atomic mass is 10.0. The van der Waals surface area contributed by atoms with Gasteiger partial charge in [-0.3, -0.25) is 52.7 Å². The molecule has 2 aromatic heterocycles. The zero-order chi connectivity index (χ0) is 47.2. The Kier molecular flexibility index (Phi) is 14.0. The van der Waals surface area contributed by atoms with Gasteiger partial charge in [-0.2, -0.15) is 0 Å². The Morgan fingerprint density at radius 1 is 0.896 bits per heavy atom. The number of benzene rings is 3. The summed E-state index contributed by atoms with van der Waals surface area (Å²) >= 11 is 1.22. The number of likely N-dealkylation sites (tertiary alicyclic amines) is 1. The number of imide groups is 2. The van der Waals surface area contributed by atoms with Gasteiger partial charge in [0.1, 0.15) is 24.4 Å². The van der Waals surface area contributed by atoms with E-state index in [1.54, 1.807) is 35.7 Å². The molecule has 5 heterocycles. The van der Waals surface area contributed by atoms with Crippen molar-refractivity contribution in [1.29, 1.82) is 0 Å². The third-order valence-electron chi connectivity index (χ3n) is 11.5. The van der Waals surface area contributed by atoms with Crippen LogP contribution in [0.15, 0.2) is 96.6 Å². The predicted octanol–water partition coefficient (Wildman–Crippen LogP) is 3.05. The Bertz CT molecular complexity index is 2820. The first kappa shape index (κ1) is 46.5. The van der Waals surface area contributed by atoms with Crippen LogP contribution < -0.4 is 26.0 Å². The molecule has 4 N–H and O–H groups in total. The van der Waals surface area contributed by atoms with E-state index in [1.165, 1.54) is 35.7 Å². The smallest absolute Gasteiger partial charge is 0.262 e. The van der Waals surface area contributed by atoms with E-state index in [9.17, 15) is 42.0 Å². The lowest BCUT2D eigenvalue weighted by Gasteiger charge is -2.32. The van der Waals surface area contributed by atoms with Crippen LogP contribution in [0.1, 0.15) is 72.7 Å². The van der Waals surface area contributed by atoms with Crippen molar-refractivity contribution in [3.8, 4) is 17.0 Å². The number of hydrogen-bond acceptors (Lipinski definition) is 14. The molecule has 2 fully saturated rings. The predicted molar refractivity (Wildman–Crippen MR) is 244 cm³/mol. The number of nitrogens with one attached hydrogen (secondary N) is 4. The quantitative estimate of drug-likeness (QED) is 0.0982. The summed E-state index contributed by atoms with van der Waals surface area (Å²) in [4.78, 5) is 97.6. The number of ether oxygens (including phenoxy) is 2. The fourth-order valence-corrected chi connectivity index (χ4v) is 9.17. The highest BCUT2D eigenvalue weighted by molar-refractivity contribution is 7.89. The number of fused-ring (bicyclic) bond motifs is 1. The number of carbonyl (C=O) groups is 7. The van der Waals surface area contributed by atoms with Gasteiger partial charge >= 0.3 is 0 Å². The summed E-state index contributed by atoms with van der Waals surface area (Å²) in [5.41, 5.74) is 3.07. The van der Waals surface area contributed by atoms with Crippen LogP contribution in [0.4, 0.5) is 5.13 Å². The molecule has 19 nitrogen and oxygen atoms in total. The van der Waals surface area contributed by atoms with Gasteiger partial charge in [-0.1, -0.05) is 42.5 Å². The van der Waals surface area contributed by atoms with Gasteiger partial charge in [-0.25, -0.2) is 13.4 Å². The Balaban J connectivity index is 0.783. The number of amides is 7. The van der Waals surface area contributed by atoms with Crippen molar-refractivity contribution in [2.45, 2.75) is 50.4 Å². The van der Waals surface area contributed by atoms with Gasteiger partial charge in [0.2, 0.25) is 21.8 Å². The SMILES string of the molecule is CS(=O)(=O)n1ccc(C(=O)N[C@@H](COCc2ccc(C(=O)NC3CCN(CCOc4ccc5c(c4)C(=O)N(C4CCC(=O)NC4=O)C5=O)CC3)cc2)C(=O)Nc2nc(-c3ccccc3)cs2)c1. The lowest BCUT2D eigenvalue weighted by Crippen LogP contribution is -2.54. The molecule has 3 aromatic carbocycles. The minimum Gasteiger partial charge on any atom is -0.492 e. The number of thiazole rings is 1. The first-order valence-corrected chi connectivity index (χ1v) is 24.1. The lowest BCUT2D eigenvalue weighted by molar-refractivity contribution is -0.136. The van der Waals surface area contributed by atoms with Crippen LogP contribution >= 0.6 is 11.3 Å². The van der Waals surface area contributed by atoms with E-state index >= 15 is 0 Å². The summed E-state index contributed by atoms with van der Waals surface area (Å²) in [6.07, 6.45) is 4.95. The first-order valence-electron chi connectivity index (χ1n) is 21.4.